The SMILES string of the molecule is CC(C)c1cc(C(=Nc2c(F)c(F)c(F)c(F)c2F)c2ccccc2)cc(C(C)C)c1. The summed E-state index contributed by atoms with van der Waals surface area (Å²) in [6.07, 6.45) is 0. The van der Waals surface area contributed by atoms with E-state index in [1.165, 1.54) is 0 Å². The van der Waals surface area contributed by atoms with Crippen LogP contribution in [-0.4, -0.2) is 5.71 Å². The average Bonchev–Trinajstić information content (AvgIpc) is 2.76. The summed E-state index contributed by atoms with van der Waals surface area (Å²) in [4.78, 5) is 3.98. The van der Waals surface area contributed by atoms with Gasteiger partial charge in [-0.3, -0.25) is 0 Å². The van der Waals surface area contributed by atoms with Gasteiger partial charge in [-0.15, -0.1) is 0 Å². The van der Waals surface area contributed by atoms with Gasteiger partial charge < -0.3 is 0 Å². The molecule has 0 saturated carbocycles. The van der Waals surface area contributed by atoms with Gasteiger partial charge in [-0.2, -0.15) is 0 Å². The van der Waals surface area contributed by atoms with Gasteiger partial charge in [-0.1, -0.05) is 64.1 Å². The second kappa shape index (κ2) is 9.00. The lowest BCUT2D eigenvalue weighted by Gasteiger charge is -2.16. The van der Waals surface area contributed by atoms with Crippen LogP contribution >= 0.6 is 0 Å². The van der Waals surface area contributed by atoms with Gasteiger partial charge in [-0.05, 0) is 35.1 Å². The maximum absolute atomic E-state index is 14.4. The number of halogens is 5. The minimum Gasteiger partial charge on any atom is -0.241 e. The van der Waals surface area contributed by atoms with E-state index < -0.39 is 34.8 Å². The normalized spacial score (nSPS) is 12.2. The number of hydrogen-bond donors (Lipinski definition) is 0. The van der Waals surface area contributed by atoms with Gasteiger partial charge in [0.1, 0.15) is 5.69 Å². The lowest BCUT2D eigenvalue weighted by Crippen LogP contribution is -2.08. The van der Waals surface area contributed by atoms with Crippen molar-refractivity contribution in [3.8, 4) is 0 Å². The molecule has 3 aromatic rings. The lowest BCUT2D eigenvalue weighted by molar-refractivity contribution is 0.381. The summed E-state index contributed by atoms with van der Waals surface area (Å²) in [5, 5.41) is 0. The molecule has 0 spiro atoms. The molecule has 0 heterocycles. The van der Waals surface area contributed by atoms with E-state index in [1.807, 2.05) is 45.9 Å². The number of hydrogen-bond acceptors (Lipinski definition) is 1. The van der Waals surface area contributed by atoms with Gasteiger partial charge in [0, 0.05) is 11.1 Å². The Balaban J connectivity index is 2.36. The largest absolute Gasteiger partial charge is 0.241 e. The Morgan fingerprint density at radius 3 is 1.52 bits per heavy atom. The molecule has 0 saturated heterocycles. The van der Waals surface area contributed by atoms with E-state index in [4.69, 9.17) is 0 Å². The van der Waals surface area contributed by atoms with Crippen LogP contribution in [-0.2, 0) is 0 Å². The third-order valence-electron chi connectivity index (χ3n) is 5.04. The fraction of sp³-hybridized carbons (Fsp3) is 0.240. The molecule has 3 rings (SSSR count). The molecule has 0 unspecified atom stereocenters. The Labute approximate surface area is 178 Å². The van der Waals surface area contributed by atoms with E-state index in [1.54, 1.807) is 30.3 Å². The van der Waals surface area contributed by atoms with Crippen LogP contribution in [0.2, 0.25) is 0 Å². The number of benzene rings is 3. The number of nitrogens with zero attached hydrogens (tertiary/aromatic N) is 1. The first-order valence-corrected chi connectivity index (χ1v) is 9.92. The minimum atomic E-state index is -2.21. The highest BCUT2D eigenvalue weighted by Gasteiger charge is 2.26. The van der Waals surface area contributed by atoms with Crippen LogP contribution in [0.4, 0.5) is 27.6 Å². The van der Waals surface area contributed by atoms with E-state index in [0.717, 1.165) is 11.1 Å². The molecule has 0 aliphatic carbocycles. The molecule has 0 fully saturated rings. The summed E-state index contributed by atoms with van der Waals surface area (Å²) in [6.45, 7) is 8.03. The Morgan fingerprint density at radius 2 is 1.06 bits per heavy atom. The van der Waals surface area contributed by atoms with Gasteiger partial charge in [0.2, 0.25) is 5.82 Å². The fourth-order valence-corrected chi connectivity index (χ4v) is 3.18. The van der Waals surface area contributed by atoms with Crippen molar-refractivity contribution in [2.45, 2.75) is 39.5 Å². The van der Waals surface area contributed by atoms with Crippen molar-refractivity contribution in [1.29, 1.82) is 0 Å². The van der Waals surface area contributed by atoms with Crippen LogP contribution in [0.25, 0.3) is 0 Å². The minimum absolute atomic E-state index is 0.119. The van der Waals surface area contributed by atoms with Gasteiger partial charge in [0.25, 0.3) is 0 Å². The Morgan fingerprint density at radius 1 is 0.613 bits per heavy atom. The molecular formula is C25H22F5N. The highest BCUT2D eigenvalue weighted by molar-refractivity contribution is 6.14. The van der Waals surface area contributed by atoms with Crippen LogP contribution < -0.4 is 0 Å². The number of rotatable bonds is 5. The van der Waals surface area contributed by atoms with Crippen molar-refractivity contribution in [2.24, 2.45) is 4.99 Å². The van der Waals surface area contributed by atoms with E-state index in [2.05, 4.69) is 4.99 Å². The molecule has 1 nitrogen and oxygen atoms in total. The molecule has 0 aromatic heterocycles. The molecular weight excluding hydrogens is 409 g/mol. The first kappa shape index (κ1) is 22.7. The van der Waals surface area contributed by atoms with Crippen LogP contribution in [0.1, 0.15) is 61.8 Å². The van der Waals surface area contributed by atoms with Crippen molar-refractivity contribution in [3.05, 3.63) is 99.9 Å². The van der Waals surface area contributed by atoms with Crippen LogP contribution in [0.3, 0.4) is 0 Å². The van der Waals surface area contributed by atoms with Crippen molar-refractivity contribution in [1.82, 2.24) is 0 Å². The van der Waals surface area contributed by atoms with Crippen molar-refractivity contribution in [3.63, 3.8) is 0 Å². The van der Waals surface area contributed by atoms with Crippen LogP contribution in [0.5, 0.6) is 0 Å². The zero-order valence-electron chi connectivity index (χ0n) is 17.6. The monoisotopic (exact) mass is 431 g/mol. The molecule has 31 heavy (non-hydrogen) atoms. The third-order valence-corrected chi connectivity index (χ3v) is 5.04. The summed E-state index contributed by atoms with van der Waals surface area (Å²) in [6, 6.07) is 14.2. The molecule has 162 valence electrons. The molecule has 0 aliphatic rings. The van der Waals surface area contributed by atoms with E-state index in [-0.39, 0.29) is 17.5 Å². The van der Waals surface area contributed by atoms with Gasteiger partial charge in [0.15, 0.2) is 23.3 Å². The maximum atomic E-state index is 14.4. The van der Waals surface area contributed by atoms with E-state index in [0.29, 0.717) is 11.1 Å². The van der Waals surface area contributed by atoms with Gasteiger partial charge in [-0.25, -0.2) is 26.9 Å². The van der Waals surface area contributed by atoms with Crippen molar-refractivity contribution < 1.29 is 22.0 Å². The van der Waals surface area contributed by atoms with Crippen molar-refractivity contribution in [2.75, 3.05) is 0 Å². The molecule has 0 aliphatic heterocycles. The molecule has 3 aromatic carbocycles. The Bertz CT molecular complexity index is 1080. The summed E-state index contributed by atoms with van der Waals surface area (Å²) in [5.41, 5.74) is 1.88. The summed E-state index contributed by atoms with van der Waals surface area (Å²) < 4.78 is 69.8. The highest BCUT2D eigenvalue weighted by atomic mass is 19.2. The second-order valence-electron chi connectivity index (χ2n) is 7.94. The van der Waals surface area contributed by atoms with Gasteiger partial charge in [0.05, 0.1) is 5.71 Å². The summed E-state index contributed by atoms with van der Waals surface area (Å²) in [7, 11) is 0. The predicted molar refractivity (Wildman–Crippen MR) is 113 cm³/mol. The van der Waals surface area contributed by atoms with E-state index in [9.17, 15) is 22.0 Å². The Hall–Kier alpha value is -3.02. The predicted octanol–water partition coefficient (Wildman–Crippen LogP) is 7.80. The standard InChI is InChI=1S/C25H22F5N/c1-13(2)16-10-17(14(3)4)12-18(11-16)24(15-8-6-5-7-9-15)31-25-22(29)20(27)19(26)21(28)23(25)30/h5-14H,1-4H3. The molecule has 0 radical (unpaired) electrons. The average molecular weight is 431 g/mol. The smallest absolute Gasteiger partial charge is 0.200 e. The summed E-state index contributed by atoms with van der Waals surface area (Å²) >= 11 is 0. The highest BCUT2D eigenvalue weighted by Crippen LogP contribution is 2.32. The molecule has 6 heteroatoms. The van der Waals surface area contributed by atoms with Crippen LogP contribution in [0.15, 0.2) is 53.5 Å². The fourth-order valence-electron chi connectivity index (χ4n) is 3.18. The zero-order valence-corrected chi connectivity index (χ0v) is 17.6. The van der Waals surface area contributed by atoms with Crippen molar-refractivity contribution >= 4 is 11.4 Å². The van der Waals surface area contributed by atoms with Gasteiger partial charge >= 0.3 is 0 Å². The molecule has 0 N–H and O–H groups in total. The van der Waals surface area contributed by atoms with E-state index >= 15 is 0 Å². The maximum Gasteiger partial charge on any atom is 0.200 e. The number of aliphatic imine (C=N–C) groups is 1. The summed E-state index contributed by atoms with van der Waals surface area (Å²) in [5.74, 6) is -9.87. The molecule has 0 atom stereocenters. The van der Waals surface area contributed by atoms with Crippen LogP contribution in [0, 0.1) is 29.1 Å². The Kier molecular flexibility index (Phi) is 6.58. The second-order valence-corrected chi connectivity index (χ2v) is 7.94. The first-order chi connectivity index (χ1) is 14.6. The third kappa shape index (κ3) is 4.53. The topological polar surface area (TPSA) is 12.4 Å². The quantitative estimate of drug-likeness (QED) is 0.169. The zero-order chi connectivity index (χ0) is 22.9. The first-order valence-electron chi connectivity index (χ1n) is 9.92. The lowest BCUT2D eigenvalue weighted by atomic mass is 9.90. The molecule has 0 bridgehead atoms. The molecule has 0 amide bonds.